The third-order valence-corrected chi connectivity index (χ3v) is 4.07. The van der Waals surface area contributed by atoms with Gasteiger partial charge in [0, 0.05) is 5.41 Å². The monoisotopic (exact) mass is 242 g/mol. The molecule has 0 aromatic rings. The average Bonchev–Trinajstić information content (AvgIpc) is 2.09. The van der Waals surface area contributed by atoms with Crippen molar-refractivity contribution < 1.29 is 15.3 Å². The van der Waals surface area contributed by atoms with Gasteiger partial charge in [-0.15, -0.1) is 0 Å². The third kappa shape index (κ3) is 2.56. The van der Waals surface area contributed by atoms with E-state index in [0.717, 1.165) is 6.42 Å². The fraction of sp³-hybridized carbons (Fsp3) is 0.857. The van der Waals surface area contributed by atoms with Crippen molar-refractivity contribution in [1.82, 2.24) is 0 Å². The zero-order valence-electron chi connectivity index (χ0n) is 11.6. The minimum absolute atomic E-state index is 0.375. The lowest BCUT2D eigenvalue weighted by molar-refractivity contribution is -0.205. The molecule has 100 valence electrons. The van der Waals surface area contributed by atoms with Gasteiger partial charge in [0.1, 0.15) is 5.60 Å². The molecule has 0 heterocycles. The van der Waals surface area contributed by atoms with Crippen molar-refractivity contribution in [2.45, 2.75) is 64.8 Å². The Morgan fingerprint density at radius 2 is 1.71 bits per heavy atom. The van der Waals surface area contributed by atoms with Crippen LogP contribution in [0, 0.1) is 11.3 Å². The van der Waals surface area contributed by atoms with E-state index in [2.05, 4.69) is 6.92 Å². The van der Waals surface area contributed by atoms with Crippen LogP contribution in [0.25, 0.3) is 0 Å². The van der Waals surface area contributed by atoms with Crippen LogP contribution in [-0.2, 0) is 0 Å². The largest absolute Gasteiger partial charge is 0.389 e. The predicted octanol–water partition coefficient (Wildman–Crippen LogP) is 1.86. The van der Waals surface area contributed by atoms with Gasteiger partial charge in [-0.25, -0.2) is 0 Å². The van der Waals surface area contributed by atoms with E-state index in [9.17, 15) is 15.3 Å². The molecule has 0 aromatic carbocycles. The van der Waals surface area contributed by atoms with Gasteiger partial charge < -0.3 is 15.3 Å². The molecule has 0 bridgehead atoms. The molecule has 0 radical (unpaired) electrons. The summed E-state index contributed by atoms with van der Waals surface area (Å²) in [5, 5.41) is 30.7. The summed E-state index contributed by atoms with van der Waals surface area (Å²) in [5.41, 5.74) is -2.89. The van der Waals surface area contributed by atoms with Crippen molar-refractivity contribution in [2.75, 3.05) is 0 Å². The summed E-state index contributed by atoms with van der Waals surface area (Å²) in [5.74, 6) is 0.375. The number of aliphatic hydroxyl groups is 3. The maximum Gasteiger partial charge on any atom is 0.116 e. The summed E-state index contributed by atoms with van der Waals surface area (Å²) < 4.78 is 0. The van der Waals surface area contributed by atoms with Crippen LogP contribution >= 0.6 is 0 Å². The molecule has 0 saturated heterocycles. The van der Waals surface area contributed by atoms with Crippen molar-refractivity contribution in [2.24, 2.45) is 11.3 Å². The van der Waals surface area contributed by atoms with E-state index in [1.165, 1.54) is 0 Å². The molecule has 0 aliphatic heterocycles. The first-order chi connectivity index (χ1) is 7.52. The molecule has 1 rings (SSSR count). The van der Waals surface area contributed by atoms with E-state index in [1.54, 1.807) is 26.0 Å². The molecule has 4 atom stereocenters. The van der Waals surface area contributed by atoms with Crippen molar-refractivity contribution >= 4 is 0 Å². The lowest BCUT2D eigenvalue weighted by atomic mass is 9.56. The first-order valence-corrected chi connectivity index (χ1v) is 6.34. The molecule has 0 spiro atoms. The Kier molecular flexibility index (Phi) is 3.78. The Balaban J connectivity index is 3.15. The standard InChI is InChI=1S/C14H26O3/c1-10-8-12(3,4)14(17,7-6-11(2)15)13(5,16)9-10/h6-7,10-11,15-17H,8-9H2,1-5H3. The van der Waals surface area contributed by atoms with Gasteiger partial charge in [0.2, 0.25) is 0 Å². The highest BCUT2D eigenvalue weighted by atomic mass is 16.4. The highest BCUT2D eigenvalue weighted by Crippen LogP contribution is 2.51. The molecular weight excluding hydrogens is 216 g/mol. The summed E-state index contributed by atoms with van der Waals surface area (Å²) in [4.78, 5) is 0. The van der Waals surface area contributed by atoms with Crippen molar-refractivity contribution in [3.8, 4) is 0 Å². The Morgan fingerprint density at radius 3 is 2.12 bits per heavy atom. The molecule has 3 heteroatoms. The maximum atomic E-state index is 10.8. The topological polar surface area (TPSA) is 60.7 Å². The predicted molar refractivity (Wildman–Crippen MR) is 68.6 cm³/mol. The molecule has 4 unspecified atom stereocenters. The summed E-state index contributed by atoms with van der Waals surface area (Å²) in [6, 6.07) is 0. The van der Waals surface area contributed by atoms with Crippen molar-refractivity contribution in [1.29, 1.82) is 0 Å². The molecule has 17 heavy (non-hydrogen) atoms. The van der Waals surface area contributed by atoms with Crippen LogP contribution in [0.5, 0.6) is 0 Å². The van der Waals surface area contributed by atoms with Gasteiger partial charge in [-0.05, 0) is 32.6 Å². The van der Waals surface area contributed by atoms with Crippen LogP contribution in [0.1, 0.15) is 47.5 Å². The molecule has 0 amide bonds. The SMILES string of the molecule is CC(O)C=CC1(O)C(C)(C)CC(C)CC1(C)O. The van der Waals surface area contributed by atoms with E-state index in [0.29, 0.717) is 12.3 Å². The summed E-state index contributed by atoms with van der Waals surface area (Å²) in [6.07, 6.45) is 3.92. The molecular formula is C14H26O3. The quantitative estimate of drug-likeness (QED) is 0.648. The third-order valence-electron chi connectivity index (χ3n) is 4.07. The number of aliphatic hydroxyl groups excluding tert-OH is 1. The normalized spacial score (nSPS) is 43.9. The summed E-state index contributed by atoms with van der Waals surface area (Å²) in [7, 11) is 0. The van der Waals surface area contributed by atoms with Gasteiger partial charge in [0.05, 0.1) is 11.7 Å². The molecule has 1 aliphatic rings. The molecule has 1 saturated carbocycles. The number of rotatable bonds is 2. The van der Waals surface area contributed by atoms with Gasteiger partial charge >= 0.3 is 0 Å². The fourth-order valence-corrected chi connectivity index (χ4v) is 3.35. The van der Waals surface area contributed by atoms with Gasteiger partial charge in [-0.1, -0.05) is 32.9 Å². The van der Waals surface area contributed by atoms with Gasteiger partial charge in [-0.2, -0.15) is 0 Å². The van der Waals surface area contributed by atoms with E-state index >= 15 is 0 Å². The van der Waals surface area contributed by atoms with Crippen LogP contribution < -0.4 is 0 Å². The average molecular weight is 242 g/mol. The van der Waals surface area contributed by atoms with E-state index < -0.39 is 22.7 Å². The molecule has 0 aromatic heterocycles. The van der Waals surface area contributed by atoms with Crippen molar-refractivity contribution in [3.63, 3.8) is 0 Å². The Labute approximate surface area is 104 Å². The second-order valence-corrected chi connectivity index (χ2v) is 6.54. The Hall–Kier alpha value is -0.380. The lowest BCUT2D eigenvalue weighted by Gasteiger charge is -2.55. The van der Waals surface area contributed by atoms with Gasteiger partial charge in [-0.3, -0.25) is 0 Å². The lowest BCUT2D eigenvalue weighted by Crippen LogP contribution is -2.63. The number of hydrogen-bond donors (Lipinski definition) is 3. The smallest absolute Gasteiger partial charge is 0.116 e. The van der Waals surface area contributed by atoms with Crippen LogP contribution in [0.3, 0.4) is 0 Å². The second kappa shape index (κ2) is 4.38. The van der Waals surface area contributed by atoms with E-state index in [-0.39, 0.29) is 0 Å². The minimum atomic E-state index is -1.30. The van der Waals surface area contributed by atoms with Crippen LogP contribution in [0.15, 0.2) is 12.2 Å². The molecule has 1 fully saturated rings. The first-order valence-electron chi connectivity index (χ1n) is 6.34. The Morgan fingerprint density at radius 1 is 1.18 bits per heavy atom. The van der Waals surface area contributed by atoms with Gasteiger partial charge in [0.25, 0.3) is 0 Å². The summed E-state index contributed by atoms with van der Waals surface area (Å²) >= 11 is 0. The molecule has 3 N–H and O–H groups in total. The van der Waals surface area contributed by atoms with Gasteiger partial charge in [0.15, 0.2) is 0 Å². The number of hydrogen-bond acceptors (Lipinski definition) is 3. The molecule has 1 aliphatic carbocycles. The highest BCUT2D eigenvalue weighted by Gasteiger charge is 2.57. The van der Waals surface area contributed by atoms with E-state index in [1.807, 2.05) is 13.8 Å². The maximum absolute atomic E-state index is 10.8. The summed E-state index contributed by atoms with van der Waals surface area (Å²) in [6.45, 7) is 9.32. The zero-order chi connectivity index (χ0) is 13.5. The fourth-order valence-electron chi connectivity index (χ4n) is 3.35. The second-order valence-electron chi connectivity index (χ2n) is 6.54. The van der Waals surface area contributed by atoms with Crippen LogP contribution in [0.4, 0.5) is 0 Å². The van der Waals surface area contributed by atoms with Crippen molar-refractivity contribution in [3.05, 3.63) is 12.2 Å². The first kappa shape index (κ1) is 14.7. The van der Waals surface area contributed by atoms with E-state index in [4.69, 9.17) is 0 Å². The highest BCUT2D eigenvalue weighted by molar-refractivity contribution is 5.20. The van der Waals surface area contributed by atoms with Crippen LogP contribution in [-0.4, -0.2) is 32.6 Å². The van der Waals surface area contributed by atoms with Crippen LogP contribution in [0.2, 0.25) is 0 Å². The zero-order valence-corrected chi connectivity index (χ0v) is 11.6. The Bertz CT molecular complexity index is 285. The molecule has 3 nitrogen and oxygen atoms in total. The minimum Gasteiger partial charge on any atom is -0.389 e.